The molecule has 12 heteroatoms. The molecule has 6 rings (SSSR count). The summed E-state index contributed by atoms with van der Waals surface area (Å²) in [6.45, 7) is 4.54. The van der Waals surface area contributed by atoms with Crippen molar-refractivity contribution in [3.63, 3.8) is 0 Å². The zero-order valence-corrected chi connectivity index (χ0v) is 19.7. The lowest BCUT2D eigenvalue weighted by Crippen LogP contribution is -2.62. The number of hydrogen-bond acceptors (Lipinski definition) is 8. The Labute approximate surface area is 206 Å². The monoisotopic (exact) mass is 502 g/mol. The third kappa shape index (κ3) is 4.32. The molecule has 36 heavy (non-hydrogen) atoms. The van der Waals surface area contributed by atoms with Crippen molar-refractivity contribution in [3.05, 3.63) is 42.4 Å². The molecule has 0 bridgehead atoms. The number of nitrogens with zero attached hydrogens (tertiary/aromatic N) is 6. The fourth-order valence-corrected chi connectivity index (χ4v) is 5.74. The van der Waals surface area contributed by atoms with Crippen LogP contribution in [-0.4, -0.2) is 80.8 Å². The molecule has 0 radical (unpaired) electrons. The molecule has 3 aliphatic rings. The summed E-state index contributed by atoms with van der Waals surface area (Å²) >= 11 is 0. The second-order valence-electron chi connectivity index (χ2n) is 9.97. The number of nitrogens with one attached hydrogen (secondary N) is 2. The van der Waals surface area contributed by atoms with Gasteiger partial charge < -0.3 is 10.0 Å². The molecule has 2 aliphatic heterocycles. The van der Waals surface area contributed by atoms with Gasteiger partial charge in [-0.2, -0.15) is 13.2 Å². The minimum absolute atomic E-state index is 0.255. The quantitative estimate of drug-likeness (QED) is 0.487. The van der Waals surface area contributed by atoms with E-state index in [1.165, 1.54) is 16.7 Å². The van der Waals surface area contributed by atoms with Gasteiger partial charge in [0.15, 0.2) is 5.82 Å². The van der Waals surface area contributed by atoms with Gasteiger partial charge in [0, 0.05) is 69.7 Å². The number of fused-ring (bicyclic) bond motifs is 1. The lowest BCUT2D eigenvalue weighted by Gasteiger charge is -2.52. The number of rotatable bonds is 5. The van der Waals surface area contributed by atoms with E-state index in [-0.39, 0.29) is 6.61 Å². The zero-order chi connectivity index (χ0) is 24.9. The van der Waals surface area contributed by atoms with Crippen molar-refractivity contribution in [1.29, 1.82) is 0 Å². The van der Waals surface area contributed by atoms with Gasteiger partial charge in [-0.3, -0.25) is 20.2 Å². The highest BCUT2D eigenvalue weighted by atomic mass is 19.4. The van der Waals surface area contributed by atoms with E-state index in [4.69, 9.17) is 4.98 Å². The Hall–Kier alpha value is -2.80. The maximum absolute atomic E-state index is 13.3. The molecular formula is C24H29F3N8O. The minimum atomic E-state index is -4.45. The number of piperazine rings is 1. The molecule has 192 valence electrons. The van der Waals surface area contributed by atoms with Crippen LogP contribution in [0.3, 0.4) is 0 Å². The van der Waals surface area contributed by atoms with Crippen molar-refractivity contribution in [2.45, 2.75) is 31.1 Å². The first-order valence-corrected chi connectivity index (χ1v) is 12.4. The van der Waals surface area contributed by atoms with Gasteiger partial charge in [0.1, 0.15) is 17.2 Å². The second-order valence-corrected chi connectivity index (χ2v) is 9.97. The SMILES string of the molecule is OCC1CC(N2CCN(c3ccnc(-c4cnc5ccc(C(F)(F)F)cn45)n3)CC2C2CNNC2)C1. The molecule has 3 fully saturated rings. The van der Waals surface area contributed by atoms with Gasteiger partial charge in [0.05, 0.1) is 11.8 Å². The lowest BCUT2D eigenvalue weighted by atomic mass is 9.78. The van der Waals surface area contributed by atoms with Crippen LogP contribution in [0, 0.1) is 11.8 Å². The number of aliphatic hydroxyl groups excluding tert-OH is 1. The highest BCUT2D eigenvalue weighted by Gasteiger charge is 2.42. The summed E-state index contributed by atoms with van der Waals surface area (Å²) in [6, 6.07) is 5.06. The van der Waals surface area contributed by atoms with Crippen molar-refractivity contribution in [1.82, 2.24) is 35.1 Å². The summed E-state index contributed by atoms with van der Waals surface area (Å²) in [6.07, 6.45) is 1.83. The fourth-order valence-electron chi connectivity index (χ4n) is 5.74. The van der Waals surface area contributed by atoms with Crippen LogP contribution in [0.25, 0.3) is 17.2 Å². The van der Waals surface area contributed by atoms with Crippen molar-refractivity contribution in [3.8, 4) is 11.5 Å². The van der Waals surface area contributed by atoms with Gasteiger partial charge in [0.25, 0.3) is 0 Å². The largest absolute Gasteiger partial charge is 0.417 e. The van der Waals surface area contributed by atoms with Gasteiger partial charge in [-0.25, -0.2) is 15.0 Å². The van der Waals surface area contributed by atoms with E-state index in [1.54, 1.807) is 6.20 Å². The number of alkyl halides is 3. The van der Waals surface area contributed by atoms with Gasteiger partial charge in [0.2, 0.25) is 0 Å². The van der Waals surface area contributed by atoms with Crippen LogP contribution in [0.1, 0.15) is 18.4 Å². The van der Waals surface area contributed by atoms with Gasteiger partial charge in [-0.15, -0.1) is 0 Å². The van der Waals surface area contributed by atoms with E-state index in [9.17, 15) is 18.3 Å². The number of imidazole rings is 1. The predicted octanol–water partition coefficient (Wildman–Crippen LogP) is 1.80. The Morgan fingerprint density at radius 2 is 1.86 bits per heavy atom. The zero-order valence-electron chi connectivity index (χ0n) is 19.7. The first-order chi connectivity index (χ1) is 17.4. The molecule has 1 unspecified atom stereocenters. The average Bonchev–Trinajstić information content (AvgIpc) is 3.53. The summed E-state index contributed by atoms with van der Waals surface area (Å²) in [5.74, 6) is 1.95. The van der Waals surface area contributed by atoms with Crippen molar-refractivity contribution < 1.29 is 18.3 Å². The number of hydrogen-bond donors (Lipinski definition) is 3. The van der Waals surface area contributed by atoms with Gasteiger partial charge in [-0.05, 0) is 37.0 Å². The Kier molecular flexibility index (Phi) is 6.06. The molecule has 9 nitrogen and oxygen atoms in total. The Morgan fingerprint density at radius 1 is 1.06 bits per heavy atom. The number of pyridine rings is 1. The van der Waals surface area contributed by atoms with E-state index in [1.807, 2.05) is 6.07 Å². The van der Waals surface area contributed by atoms with Crippen LogP contribution in [0.5, 0.6) is 0 Å². The topological polar surface area (TPSA) is 93.9 Å². The summed E-state index contributed by atoms with van der Waals surface area (Å²) in [7, 11) is 0. The van der Waals surface area contributed by atoms with Crippen LogP contribution in [0.2, 0.25) is 0 Å². The van der Waals surface area contributed by atoms with E-state index in [0.29, 0.717) is 41.1 Å². The molecule has 0 aromatic carbocycles. The van der Waals surface area contributed by atoms with Crippen LogP contribution < -0.4 is 15.8 Å². The molecule has 3 N–H and O–H groups in total. The molecular weight excluding hydrogens is 473 g/mol. The molecule has 0 amide bonds. The van der Waals surface area contributed by atoms with Crippen LogP contribution in [0.15, 0.2) is 36.8 Å². The normalized spacial score (nSPS) is 26.0. The standard InChI is InChI=1S/C24H29F3N8O/c25-24(26,27)17-1-2-21-29-11-19(35(21)12-17)23-28-4-3-22(32-23)33-5-6-34(18-7-15(8-18)14-36)20(13-33)16-9-30-31-10-16/h1-4,11-12,15-16,18,20,30-31,36H,5-10,13-14H2. The van der Waals surface area contributed by atoms with E-state index < -0.39 is 11.7 Å². The predicted molar refractivity (Wildman–Crippen MR) is 127 cm³/mol. The number of aromatic nitrogens is 4. The minimum Gasteiger partial charge on any atom is -0.396 e. The Morgan fingerprint density at radius 3 is 2.61 bits per heavy atom. The number of anilines is 1. The Bertz CT molecular complexity index is 1220. The smallest absolute Gasteiger partial charge is 0.396 e. The summed E-state index contributed by atoms with van der Waals surface area (Å²) in [5.41, 5.74) is 6.57. The van der Waals surface area contributed by atoms with Crippen LogP contribution in [0.4, 0.5) is 19.0 Å². The average molecular weight is 503 g/mol. The Balaban J connectivity index is 1.26. The highest BCUT2D eigenvalue weighted by Crippen LogP contribution is 2.36. The molecule has 5 heterocycles. The molecule has 2 saturated heterocycles. The molecule has 1 atom stereocenters. The lowest BCUT2D eigenvalue weighted by molar-refractivity contribution is -0.137. The van der Waals surface area contributed by atoms with E-state index >= 15 is 0 Å². The molecule has 0 spiro atoms. The fraction of sp³-hybridized carbons (Fsp3) is 0.542. The van der Waals surface area contributed by atoms with Crippen LogP contribution >= 0.6 is 0 Å². The van der Waals surface area contributed by atoms with E-state index in [2.05, 4.69) is 30.6 Å². The van der Waals surface area contributed by atoms with Crippen LogP contribution in [-0.2, 0) is 6.18 Å². The molecule has 3 aromatic heterocycles. The molecule has 3 aromatic rings. The molecule has 1 aliphatic carbocycles. The third-order valence-electron chi connectivity index (χ3n) is 7.82. The summed E-state index contributed by atoms with van der Waals surface area (Å²) < 4.78 is 41.3. The number of aliphatic hydroxyl groups is 1. The number of hydrazine groups is 1. The molecule has 1 saturated carbocycles. The van der Waals surface area contributed by atoms with Crippen molar-refractivity contribution >= 4 is 11.5 Å². The number of halogens is 3. The third-order valence-corrected chi connectivity index (χ3v) is 7.82. The van der Waals surface area contributed by atoms with Gasteiger partial charge in [-0.1, -0.05) is 0 Å². The summed E-state index contributed by atoms with van der Waals surface area (Å²) in [4.78, 5) is 18.2. The first-order valence-electron chi connectivity index (χ1n) is 12.4. The van der Waals surface area contributed by atoms with E-state index in [0.717, 1.165) is 63.6 Å². The van der Waals surface area contributed by atoms with Crippen molar-refractivity contribution in [2.75, 3.05) is 44.2 Å². The highest BCUT2D eigenvalue weighted by molar-refractivity contribution is 5.59. The van der Waals surface area contributed by atoms with Crippen molar-refractivity contribution in [2.24, 2.45) is 11.8 Å². The first kappa shape index (κ1) is 23.6. The maximum atomic E-state index is 13.3. The van der Waals surface area contributed by atoms with Gasteiger partial charge >= 0.3 is 6.18 Å². The second kappa shape index (κ2) is 9.25. The summed E-state index contributed by atoms with van der Waals surface area (Å²) in [5, 5.41) is 9.47. The maximum Gasteiger partial charge on any atom is 0.417 e.